The van der Waals surface area contributed by atoms with E-state index in [0.29, 0.717) is 6.42 Å². The lowest BCUT2D eigenvalue weighted by Crippen LogP contribution is -2.12. The molecule has 1 aliphatic heterocycles. The summed E-state index contributed by atoms with van der Waals surface area (Å²) in [4.78, 5) is 5.04. The molecule has 0 aliphatic carbocycles. The van der Waals surface area contributed by atoms with Crippen LogP contribution in [0.15, 0.2) is 29.4 Å². The maximum Gasteiger partial charge on any atom is 0.156 e. The summed E-state index contributed by atoms with van der Waals surface area (Å²) >= 11 is 2.26. The molecule has 0 fully saturated rings. The Bertz CT molecular complexity index is 348. The molecule has 0 bridgehead atoms. The van der Waals surface area contributed by atoms with Gasteiger partial charge < -0.3 is 9.94 Å². The van der Waals surface area contributed by atoms with E-state index in [1.54, 1.807) is 0 Å². The zero-order valence-corrected chi connectivity index (χ0v) is 9.64. The minimum atomic E-state index is -0.163. The Morgan fingerprint density at radius 3 is 2.71 bits per heavy atom. The first-order valence-corrected chi connectivity index (χ1v) is 5.47. The average molecular weight is 303 g/mol. The molecule has 0 spiro atoms. The molecule has 2 rings (SSSR count). The topological polar surface area (TPSA) is 41.8 Å². The van der Waals surface area contributed by atoms with Gasteiger partial charge in [0.05, 0.1) is 12.3 Å². The van der Waals surface area contributed by atoms with Crippen molar-refractivity contribution in [2.24, 2.45) is 5.16 Å². The predicted octanol–water partition coefficient (Wildman–Crippen LogP) is 1.78. The summed E-state index contributed by atoms with van der Waals surface area (Å²) in [5.41, 5.74) is 1.99. The number of rotatable bonds is 2. The number of nitrogens with zero attached hydrogens (tertiary/aromatic N) is 1. The van der Waals surface area contributed by atoms with Crippen LogP contribution < -0.4 is 0 Å². The first-order chi connectivity index (χ1) is 6.79. The molecule has 1 unspecified atom stereocenters. The molecular weight excluding hydrogens is 293 g/mol. The van der Waals surface area contributed by atoms with Crippen molar-refractivity contribution in [1.29, 1.82) is 0 Å². The van der Waals surface area contributed by atoms with E-state index in [2.05, 4.69) is 27.7 Å². The number of hydrogen-bond acceptors (Lipinski definition) is 3. The zero-order valence-electron chi connectivity index (χ0n) is 7.48. The average Bonchev–Trinajstić information content (AvgIpc) is 2.67. The highest BCUT2D eigenvalue weighted by molar-refractivity contribution is 14.1. The van der Waals surface area contributed by atoms with Crippen molar-refractivity contribution in [3.05, 3.63) is 33.4 Å². The Balaban J connectivity index is 2.13. The van der Waals surface area contributed by atoms with E-state index in [0.717, 1.165) is 11.3 Å². The Kier molecular flexibility index (Phi) is 3.02. The molecule has 74 valence electrons. The lowest BCUT2D eigenvalue weighted by molar-refractivity contribution is 0.0390. The van der Waals surface area contributed by atoms with Crippen LogP contribution >= 0.6 is 22.6 Å². The Morgan fingerprint density at radius 2 is 2.14 bits per heavy atom. The number of halogens is 1. The molecule has 1 N–H and O–H groups in total. The van der Waals surface area contributed by atoms with E-state index in [1.165, 1.54) is 3.57 Å². The molecule has 1 atom stereocenters. The van der Waals surface area contributed by atoms with E-state index in [4.69, 9.17) is 9.94 Å². The van der Waals surface area contributed by atoms with Gasteiger partial charge in [0.1, 0.15) is 0 Å². The maximum atomic E-state index is 8.88. The van der Waals surface area contributed by atoms with Gasteiger partial charge in [0.2, 0.25) is 0 Å². The normalized spacial score (nSPS) is 20.4. The van der Waals surface area contributed by atoms with Gasteiger partial charge in [0.15, 0.2) is 6.10 Å². The number of aliphatic hydroxyl groups excluding tert-OH is 1. The second-order valence-electron chi connectivity index (χ2n) is 3.16. The molecule has 0 radical (unpaired) electrons. The quantitative estimate of drug-likeness (QED) is 0.846. The van der Waals surface area contributed by atoms with Crippen molar-refractivity contribution >= 4 is 28.3 Å². The summed E-state index contributed by atoms with van der Waals surface area (Å²) in [5.74, 6) is 0. The van der Waals surface area contributed by atoms with Gasteiger partial charge in [-0.15, -0.1) is 0 Å². The van der Waals surface area contributed by atoms with E-state index in [1.807, 2.05) is 24.3 Å². The highest BCUT2D eigenvalue weighted by Gasteiger charge is 2.20. The first kappa shape index (κ1) is 9.92. The van der Waals surface area contributed by atoms with Crippen LogP contribution in [-0.4, -0.2) is 23.5 Å². The summed E-state index contributed by atoms with van der Waals surface area (Å²) in [7, 11) is 0. The van der Waals surface area contributed by atoms with E-state index >= 15 is 0 Å². The smallest absolute Gasteiger partial charge is 0.156 e. The molecule has 0 amide bonds. The highest BCUT2D eigenvalue weighted by Crippen LogP contribution is 2.17. The van der Waals surface area contributed by atoms with Crippen molar-refractivity contribution in [1.82, 2.24) is 0 Å². The van der Waals surface area contributed by atoms with Crippen LogP contribution in [0.25, 0.3) is 0 Å². The third-order valence-electron chi connectivity index (χ3n) is 2.11. The van der Waals surface area contributed by atoms with Crippen molar-refractivity contribution in [3.63, 3.8) is 0 Å². The second kappa shape index (κ2) is 4.27. The van der Waals surface area contributed by atoms with Crippen LogP contribution in [0.5, 0.6) is 0 Å². The third-order valence-corrected chi connectivity index (χ3v) is 2.83. The Hall–Kier alpha value is -0.620. The van der Waals surface area contributed by atoms with Crippen molar-refractivity contribution < 1.29 is 9.94 Å². The summed E-state index contributed by atoms with van der Waals surface area (Å²) in [6.45, 7) is 0.0252. The SMILES string of the molecule is OCC1CC(c2ccc(I)cc2)=NO1. The minimum absolute atomic E-state index is 0.0252. The zero-order chi connectivity index (χ0) is 9.97. The molecule has 14 heavy (non-hydrogen) atoms. The second-order valence-corrected chi connectivity index (χ2v) is 4.40. The molecule has 0 saturated heterocycles. The maximum absolute atomic E-state index is 8.88. The Morgan fingerprint density at radius 1 is 1.43 bits per heavy atom. The van der Waals surface area contributed by atoms with Crippen molar-refractivity contribution in [2.75, 3.05) is 6.61 Å². The van der Waals surface area contributed by atoms with Crippen LogP contribution in [-0.2, 0) is 4.84 Å². The predicted molar refractivity (Wildman–Crippen MR) is 62.3 cm³/mol. The standard InChI is InChI=1S/C10H10INO2/c11-8-3-1-7(2-4-8)10-5-9(6-13)14-12-10/h1-4,9,13H,5-6H2. The number of hydrogen-bond donors (Lipinski definition) is 1. The van der Waals surface area contributed by atoms with E-state index in [-0.39, 0.29) is 12.7 Å². The summed E-state index contributed by atoms with van der Waals surface area (Å²) in [6, 6.07) is 8.10. The van der Waals surface area contributed by atoms with Gasteiger partial charge >= 0.3 is 0 Å². The summed E-state index contributed by atoms with van der Waals surface area (Å²) in [5, 5.41) is 12.8. The van der Waals surface area contributed by atoms with Crippen molar-refractivity contribution in [3.8, 4) is 0 Å². The van der Waals surface area contributed by atoms with E-state index in [9.17, 15) is 0 Å². The van der Waals surface area contributed by atoms with E-state index < -0.39 is 0 Å². The lowest BCUT2D eigenvalue weighted by Gasteiger charge is -2.01. The van der Waals surface area contributed by atoms with Crippen LogP contribution in [0.4, 0.5) is 0 Å². The molecule has 0 aromatic heterocycles. The van der Waals surface area contributed by atoms with Gasteiger partial charge in [-0.05, 0) is 40.3 Å². The molecule has 4 heteroatoms. The number of aliphatic hydroxyl groups is 1. The largest absolute Gasteiger partial charge is 0.392 e. The molecule has 1 aromatic rings. The third kappa shape index (κ3) is 2.06. The van der Waals surface area contributed by atoms with Gasteiger partial charge in [-0.3, -0.25) is 0 Å². The van der Waals surface area contributed by atoms with Crippen molar-refractivity contribution in [2.45, 2.75) is 12.5 Å². The van der Waals surface area contributed by atoms with Gasteiger partial charge in [-0.1, -0.05) is 17.3 Å². The lowest BCUT2D eigenvalue weighted by atomic mass is 10.1. The molecule has 1 aliphatic rings. The molecular formula is C10H10INO2. The van der Waals surface area contributed by atoms with Gasteiger partial charge in [0.25, 0.3) is 0 Å². The van der Waals surface area contributed by atoms with Gasteiger partial charge in [0, 0.05) is 9.99 Å². The molecule has 3 nitrogen and oxygen atoms in total. The fourth-order valence-corrected chi connectivity index (χ4v) is 1.70. The van der Waals surface area contributed by atoms with Gasteiger partial charge in [-0.25, -0.2) is 0 Å². The van der Waals surface area contributed by atoms with Crippen LogP contribution in [0.1, 0.15) is 12.0 Å². The highest BCUT2D eigenvalue weighted by atomic mass is 127. The van der Waals surface area contributed by atoms with Crippen LogP contribution in [0.3, 0.4) is 0 Å². The summed E-state index contributed by atoms with van der Waals surface area (Å²) in [6.07, 6.45) is 0.529. The number of oxime groups is 1. The fraction of sp³-hybridized carbons (Fsp3) is 0.300. The molecule has 1 aromatic carbocycles. The first-order valence-electron chi connectivity index (χ1n) is 4.39. The van der Waals surface area contributed by atoms with Gasteiger partial charge in [-0.2, -0.15) is 0 Å². The van der Waals surface area contributed by atoms with Crippen LogP contribution in [0.2, 0.25) is 0 Å². The molecule has 1 heterocycles. The monoisotopic (exact) mass is 303 g/mol. The minimum Gasteiger partial charge on any atom is -0.392 e. The Labute approximate surface area is 95.9 Å². The molecule has 0 saturated carbocycles. The fourth-order valence-electron chi connectivity index (χ4n) is 1.34. The van der Waals surface area contributed by atoms with Crippen LogP contribution in [0, 0.1) is 3.57 Å². The number of benzene rings is 1. The summed E-state index contributed by atoms with van der Waals surface area (Å²) < 4.78 is 1.20.